The van der Waals surface area contributed by atoms with Crippen LogP contribution >= 0.6 is 11.6 Å². The summed E-state index contributed by atoms with van der Waals surface area (Å²) in [6.07, 6.45) is 0.264. The number of benzene rings is 3. The fourth-order valence-electron chi connectivity index (χ4n) is 2.72. The van der Waals surface area contributed by atoms with Crippen molar-refractivity contribution in [3.05, 3.63) is 83.4 Å². The molecular weight excluding hydrogens is 360 g/mol. The molecule has 3 aromatic carbocycles. The molecule has 3 aromatic rings. The highest BCUT2D eigenvalue weighted by atomic mass is 35.5. The van der Waals surface area contributed by atoms with E-state index in [4.69, 9.17) is 11.6 Å². The van der Waals surface area contributed by atoms with E-state index in [1.165, 1.54) is 6.92 Å². The van der Waals surface area contributed by atoms with Crippen LogP contribution < -0.4 is 10.6 Å². The minimum absolute atomic E-state index is 0.134. The highest BCUT2D eigenvalue weighted by Gasteiger charge is 2.08. The van der Waals surface area contributed by atoms with Crippen molar-refractivity contribution in [1.29, 1.82) is 0 Å². The van der Waals surface area contributed by atoms with Gasteiger partial charge >= 0.3 is 0 Å². The number of nitrogens with one attached hydrogen (secondary N) is 2. The third kappa shape index (κ3) is 5.19. The molecule has 0 fully saturated rings. The molecule has 0 unspecified atom stereocenters. The standard InChI is InChI=1S/C22H19ClN2O2/c1-15(26)24-21-12-11-19(14-20(21)23)25-22(27)13-16-7-9-18(10-8-16)17-5-3-2-4-6-17/h2-12,14H,13H2,1H3,(H,24,26)(H,25,27). The molecule has 0 spiro atoms. The second-order valence-electron chi connectivity index (χ2n) is 6.16. The van der Waals surface area contributed by atoms with E-state index in [2.05, 4.69) is 22.8 Å². The van der Waals surface area contributed by atoms with Gasteiger partial charge in [0.05, 0.1) is 17.1 Å². The quantitative estimate of drug-likeness (QED) is 0.645. The van der Waals surface area contributed by atoms with Crippen molar-refractivity contribution in [3.63, 3.8) is 0 Å². The molecule has 0 aromatic heterocycles. The van der Waals surface area contributed by atoms with Gasteiger partial charge in [0.1, 0.15) is 0 Å². The lowest BCUT2D eigenvalue weighted by Crippen LogP contribution is -2.14. The van der Waals surface area contributed by atoms with Crippen LogP contribution in [-0.2, 0) is 16.0 Å². The number of anilines is 2. The summed E-state index contributed by atoms with van der Waals surface area (Å²) in [6.45, 7) is 1.41. The summed E-state index contributed by atoms with van der Waals surface area (Å²) in [7, 11) is 0. The number of carbonyl (C=O) groups excluding carboxylic acids is 2. The van der Waals surface area contributed by atoms with E-state index in [0.29, 0.717) is 16.4 Å². The zero-order chi connectivity index (χ0) is 19.2. The third-order valence-electron chi connectivity index (χ3n) is 3.99. The first-order valence-corrected chi connectivity index (χ1v) is 8.90. The zero-order valence-electron chi connectivity index (χ0n) is 14.8. The van der Waals surface area contributed by atoms with Gasteiger partial charge in [-0.3, -0.25) is 9.59 Å². The number of amides is 2. The predicted molar refractivity (Wildman–Crippen MR) is 110 cm³/mol. The minimum atomic E-state index is -0.201. The maximum atomic E-state index is 12.3. The van der Waals surface area contributed by atoms with Crippen LogP contribution in [0.5, 0.6) is 0 Å². The smallest absolute Gasteiger partial charge is 0.228 e. The van der Waals surface area contributed by atoms with Crippen LogP contribution in [0.4, 0.5) is 11.4 Å². The maximum absolute atomic E-state index is 12.3. The Kier molecular flexibility index (Phi) is 5.89. The highest BCUT2D eigenvalue weighted by Crippen LogP contribution is 2.25. The third-order valence-corrected chi connectivity index (χ3v) is 4.30. The molecule has 4 nitrogen and oxygen atoms in total. The van der Waals surface area contributed by atoms with Crippen LogP contribution in [0.2, 0.25) is 5.02 Å². The monoisotopic (exact) mass is 378 g/mol. The van der Waals surface area contributed by atoms with Crippen molar-refractivity contribution >= 4 is 34.8 Å². The Morgan fingerprint density at radius 3 is 2.15 bits per heavy atom. The first kappa shape index (κ1) is 18.7. The van der Waals surface area contributed by atoms with Crippen LogP contribution in [-0.4, -0.2) is 11.8 Å². The van der Waals surface area contributed by atoms with Gasteiger partial charge in [-0.1, -0.05) is 66.2 Å². The van der Waals surface area contributed by atoms with E-state index in [9.17, 15) is 9.59 Å². The van der Waals surface area contributed by atoms with Crippen molar-refractivity contribution in [2.45, 2.75) is 13.3 Å². The van der Waals surface area contributed by atoms with E-state index in [1.54, 1.807) is 18.2 Å². The van der Waals surface area contributed by atoms with Crippen molar-refractivity contribution in [2.75, 3.05) is 10.6 Å². The van der Waals surface area contributed by atoms with Gasteiger partial charge in [0, 0.05) is 12.6 Å². The number of rotatable bonds is 5. The molecule has 0 heterocycles. The zero-order valence-corrected chi connectivity index (χ0v) is 15.6. The average Bonchev–Trinajstić information content (AvgIpc) is 2.65. The summed E-state index contributed by atoms with van der Waals surface area (Å²) in [5, 5.41) is 5.82. The molecule has 0 aliphatic carbocycles. The Labute approximate surface area is 163 Å². The average molecular weight is 379 g/mol. The van der Waals surface area contributed by atoms with Crippen LogP contribution in [0.15, 0.2) is 72.8 Å². The summed E-state index contributed by atoms with van der Waals surface area (Å²) < 4.78 is 0. The molecule has 5 heteroatoms. The topological polar surface area (TPSA) is 58.2 Å². The van der Waals surface area contributed by atoms with E-state index in [-0.39, 0.29) is 18.2 Å². The predicted octanol–water partition coefficient (Wildman–Crippen LogP) is 5.15. The summed E-state index contributed by atoms with van der Waals surface area (Å²) in [4.78, 5) is 23.4. The first-order chi connectivity index (χ1) is 13.0. The van der Waals surface area contributed by atoms with Crippen LogP contribution in [0.3, 0.4) is 0 Å². The fourth-order valence-corrected chi connectivity index (χ4v) is 2.95. The molecule has 0 saturated carbocycles. The second kappa shape index (κ2) is 8.52. The van der Waals surface area contributed by atoms with Gasteiger partial charge in [0.15, 0.2) is 0 Å². The molecule has 0 atom stereocenters. The van der Waals surface area contributed by atoms with E-state index in [1.807, 2.05) is 42.5 Å². The largest absolute Gasteiger partial charge is 0.326 e. The Hall–Kier alpha value is -3.11. The Morgan fingerprint density at radius 2 is 1.52 bits per heavy atom. The van der Waals surface area contributed by atoms with Gasteiger partial charge in [0.25, 0.3) is 0 Å². The number of hydrogen-bond donors (Lipinski definition) is 2. The molecule has 3 rings (SSSR count). The molecule has 2 amide bonds. The summed E-state index contributed by atoms with van der Waals surface area (Å²) in [5.41, 5.74) is 4.27. The summed E-state index contributed by atoms with van der Waals surface area (Å²) in [6, 6.07) is 23.0. The SMILES string of the molecule is CC(=O)Nc1ccc(NC(=O)Cc2ccc(-c3ccccc3)cc2)cc1Cl. The summed E-state index contributed by atoms with van der Waals surface area (Å²) in [5.74, 6) is -0.335. The maximum Gasteiger partial charge on any atom is 0.228 e. The van der Waals surface area contributed by atoms with Crippen LogP contribution in [0.25, 0.3) is 11.1 Å². The Balaban J connectivity index is 1.62. The molecular formula is C22H19ClN2O2. The van der Waals surface area contributed by atoms with Gasteiger partial charge in [-0.25, -0.2) is 0 Å². The van der Waals surface area contributed by atoms with Gasteiger partial charge in [-0.05, 0) is 34.9 Å². The Bertz CT molecular complexity index is 954. The lowest BCUT2D eigenvalue weighted by molar-refractivity contribution is -0.116. The number of hydrogen-bond acceptors (Lipinski definition) is 2. The van der Waals surface area contributed by atoms with E-state index >= 15 is 0 Å². The number of halogens is 1. The molecule has 2 N–H and O–H groups in total. The Morgan fingerprint density at radius 1 is 0.852 bits per heavy atom. The van der Waals surface area contributed by atoms with Crippen molar-refractivity contribution in [3.8, 4) is 11.1 Å². The minimum Gasteiger partial charge on any atom is -0.326 e. The van der Waals surface area contributed by atoms with E-state index in [0.717, 1.165) is 16.7 Å². The van der Waals surface area contributed by atoms with Crippen LogP contribution in [0.1, 0.15) is 12.5 Å². The van der Waals surface area contributed by atoms with Crippen molar-refractivity contribution in [2.24, 2.45) is 0 Å². The second-order valence-corrected chi connectivity index (χ2v) is 6.57. The summed E-state index contributed by atoms with van der Waals surface area (Å²) >= 11 is 6.13. The highest BCUT2D eigenvalue weighted by molar-refractivity contribution is 6.34. The van der Waals surface area contributed by atoms with E-state index < -0.39 is 0 Å². The van der Waals surface area contributed by atoms with Crippen LogP contribution in [0, 0.1) is 0 Å². The molecule has 0 aliphatic heterocycles. The fraction of sp³-hybridized carbons (Fsp3) is 0.0909. The van der Waals surface area contributed by atoms with Gasteiger partial charge in [-0.2, -0.15) is 0 Å². The lowest BCUT2D eigenvalue weighted by Gasteiger charge is -2.09. The van der Waals surface area contributed by atoms with Crippen molar-refractivity contribution < 1.29 is 9.59 Å². The number of carbonyl (C=O) groups is 2. The molecule has 0 radical (unpaired) electrons. The molecule has 27 heavy (non-hydrogen) atoms. The molecule has 136 valence electrons. The first-order valence-electron chi connectivity index (χ1n) is 8.52. The van der Waals surface area contributed by atoms with Crippen molar-refractivity contribution in [1.82, 2.24) is 0 Å². The molecule has 0 saturated heterocycles. The van der Waals surface area contributed by atoms with Gasteiger partial charge in [0.2, 0.25) is 11.8 Å². The van der Waals surface area contributed by atoms with Gasteiger partial charge in [-0.15, -0.1) is 0 Å². The molecule has 0 aliphatic rings. The lowest BCUT2D eigenvalue weighted by atomic mass is 10.0. The molecule has 0 bridgehead atoms. The van der Waals surface area contributed by atoms with Gasteiger partial charge < -0.3 is 10.6 Å². The normalized spacial score (nSPS) is 10.3.